The standard InChI is InChI=1S/C16H23ClO2/c1-3-19-16(10-6-7-12(2)11-16)15(18)13-8-4-5-9-14(13)17/h4-5,8-9,12,15,18H,3,6-7,10-11H2,1-2H3. The normalized spacial score (nSPS) is 29.2. The average Bonchev–Trinajstić information content (AvgIpc) is 2.39. The van der Waals surface area contributed by atoms with Crippen LogP contribution in [-0.2, 0) is 4.74 Å². The molecule has 1 aromatic rings. The van der Waals surface area contributed by atoms with Gasteiger partial charge in [0.1, 0.15) is 6.10 Å². The van der Waals surface area contributed by atoms with Crippen LogP contribution in [0.5, 0.6) is 0 Å². The van der Waals surface area contributed by atoms with Gasteiger partial charge in [0.25, 0.3) is 0 Å². The predicted octanol–water partition coefficient (Wildman–Crippen LogP) is 4.36. The number of hydrogen-bond donors (Lipinski definition) is 1. The van der Waals surface area contributed by atoms with Gasteiger partial charge in [0.05, 0.1) is 5.60 Å². The molecule has 3 unspecified atom stereocenters. The second kappa shape index (κ2) is 6.25. The summed E-state index contributed by atoms with van der Waals surface area (Å²) in [5.41, 5.74) is 0.309. The molecular formula is C16H23ClO2. The fourth-order valence-electron chi connectivity index (χ4n) is 3.27. The Bertz CT molecular complexity index is 417. The SMILES string of the molecule is CCOC1(C(O)c2ccccc2Cl)CCCC(C)C1. The molecule has 0 saturated heterocycles. The number of rotatable bonds is 4. The first-order valence-corrected chi connectivity index (χ1v) is 7.53. The number of halogens is 1. The summed E-state index contributed by atoms with van der Waals surface area (Å²) in [4.78, 5) is 0. The summed E-state index contributed by atoms with van der Waals surface area (Å²) in [5, 5.41) is 11.4. The van der Waals surface area contributed by atoms with Gasteiger partial charge in [0.15, 0.2) is 0 Å². The van der Waals surface area contributed by atoms with E-state index in [1.54, 1.807) is 0 Å². The van der Waals surface area contributed by atoms with Gasteiger partial charge in [-0.25, -0.2) is 0 Å². The van der Waals surface area contributed by atoms with Crippen LogP contribution in [0.4, 0.5) is 0 Å². The molecule has 2 nitrogen and oxygen atoms in total. The van der Waals surface area contributed by atoms with Crippen LogP contribution in [-0.4, -0.2) is 17.3 Å². The average molecular weight is 283 g/mol. The van der Waals surface area contributed by atoms with Crippen molar-refractivity contribution in [3.63, 3.8) is 0 Å². The zero-order valence-corrected chi connectivity index (χ0v) is 12.5. The van der Waals surface area contributed by atoms with E-state index in [-0.39, 0.29) is 0 Å². The van der Waals surface area contributed by atoms with Crippen molar-refractivity contribution in [2.75, 3.05) is 6.61 Å². The van der Waals surface area contributed by atoms with E-state index in [0.29, 0.717) is 17.5 Å². The van der Waals surface area contributed by atoms with Crippen molar-refractivity contribution in [3.05, 3.63) is 34.9 Å². The minimum absolute atomic E-state index is 0.475. The van der Waals surface area contributed by atoms with E-state index in [0.717, 1.165) is 24.8 Å². The fraction of sp³-hybridized carbons (Fsp3) is 0.625. The molecular weight excluding hydrogens is 260 g/mol. The number of hydrogen-bond acceptors (Lipinski definition) is 2. The van der Waals surface area contributed by atoms with Gasteiger partial charge in [0, 0.05) is 17.2 Å². The Hall–Kier alpha value is -0.570. The van der Waals surface area contributed by atoms with Crippen LogP contribution in [0.1, 0.15) is 51.2 Å². The molecule has 0 heterocycles. The van der Waals surface area contributed by atoms with Gasteiger partial charge >= 0.3 is 0 Å². The zero-order valence-electron chi connectivity index (χ0n) is 11.7. The van der Waals surface area contributed by atoms with Gasteiger partial charge in [-0.05, 0) is 31.7 Å². The smallest absolute Gasteiger partial charge is 0.109 e. The van der Waals surface area contributed by atoms with Crippen molar-refractivity contribution < 1.29 is 9.84 Å². The number of ether oxygens (including phenoxy) is 1. The molecule has 3 heteroatoms. The summed E-state index contributed by atoms with van der Waals surface area (Å²) < 4.78 is 6.00. The maximum atomic E-state index is 10.8. The van der Waals surface area contributed by atoms with Gasteiger partial charge in [-0.1, -0.05) is 49.6 Å². The minimum atomic E-state index is -0.649. The highest BCUT2D eigenvalue weighted by Crippen LogP contribution is 2.44. The Kier molecular flexibility index (Phi) is 4.88. The van der Waals surface area contributed by atoms with Crippen LogP contribution in [0.2, 0.25) is 5.02 Å². The summed E-state index contributed by atoms with van der Waals surface area (Å²) in [6.07, 6.45) is 3.46. The highest BCUT2D eigenvalue weighted by Gasteiger charge is 2.43. The molecule has 1 fully saturated rings. The van der Waals surface area contributed by atoms with Crippen LogP contribution in [0.15, 0.2) is 24.3 Å². The Labute approximate surface area is 120 Å². The Morgan fingerprint density at radius 1 is 1.47 bits per heavy atom. The van der Waals surface area contributed by atoms with Crippen molar-refractivity contribution in [2.24, 2.45) is 5.92 Å². The molecule has 106 valence electrons. The number of aliphatic hydroxyl groups excluding tert-OH is 1. The van der Waals surface area contributed by atoms with Crippen molar-refractivity contribution in [2.45, 2.75) is 51.2 Å². The summed E-state index contributed by atoms with van der Waals surface area (Å²) >= 11 is 6.22. The highest BCUT2D eigenvalue weighted by molar-refractivity contribution is 6.31. The maximum absolute atomic E-state index is 10.8. The van der Waals surface area contributed by atoms with Crippen molar-refractivity contribution in [1.82, 2.24) is 0 Å². The molecule has 0 radical (unpaired) electrons. The molecule has 19 heavy (non-hydrogen) atoms. The van der Waals surface area contributed by atoms with Crippen LogP contribution in [0.25, 0.3) is 0 Å². The monoisotopic (exact) mass is 282 g/mol. The Morgan fingerprint density at radius 3 is 2.84 bits per heavy atom. The van der Waals surface area contributed by atoms with E-state index in [1.165, 1.54) is 6.42 Å². The van der Waals surface area contributed by atoms with Crippen LogP contribution >= 0.6 is 11.6 Å². The topological polar surface area (TPSA) is 29.5 Å². The second-order valence-electron chi connectivity index (χ2n) is 5.62. The summed E-state index contributed by atoms with van der Waals surface area (Å²) in [6, 6.07) is 7.52. The lowest BCUT2D eigenvalue weighted by molar-refractivity contribution is -0.149. The van der Waals surface area contributed by atoms with Gasteiger partial charge in [-0.3, -0.25) is 0 Å². The van der Waals surface area contributed by atoms with Crippen molar-refractivity contribution in [3.8, 4) is 0 Å². The Balaban J connectivity index is 2.30. The molecule has 1 N–H and O–H groups in total. The molecule has 2 rings (SSSR count). The van der Waals surface area contributed by atoms with Crippen LogP contribution in [0, 0.1) is 5.92 Å². The van der Waals surface area contributed by atoms with E-state index < -0.39 is 11.7 Å². The molecule has 1 saturated carbocycles. The van der Waals surface area contributed by atoms with Crippen LogP contribution in [0.3, 0.4) is 0 Å². The first-order chi connectivity index (χ1) is 9.09. The third-order valence-electron chi connectivity index (χ3n) is 4.12. The minimum Gasteiger partial charge on any atom is -0.385 e. The maximum Gasteiger partial charge on any atom is 0.109 e. The lowest BCUT2D eigenvalue weighted by atomic mass is 9.74. The fourth-order valence-corrected chi connectivity index (χ4v) is 3.51. The van der Waals surface area contributed by atoms with Gasteiger partial charge in [-0.15, -0.1) is 0 Å². The lowest BCUT2D eigenvalue weighted by Crippen LogP contribution is -2.43. The first kappa shape index (κ1) is 14.8. The summed E-state index contributed by atoms with van der Waals surface area (Å²) in [7, 11) is 0. The van der Waals surface area contributed by atoms with Gasteiger partial charge in [0.2, 0.25) is 0 Å². The largest absolute Gasteiger partial charge is 0.385 e. The number of benzene rings is 1. The molecule has 3 atom stereocenters. The molecule has 1 aliphatic carbocycles. The number of aliphatic hydroxyl groups is 1. The zero-order chi connectivity index (χ0) is 13.9. The predicted molar refractivity (Wildman–Crippen MR) is 78.4 cm³/mol. The van der Waals surface area contributed by atoms with E-state index >= 15 is 0 Å². The van der Waals surface area contributed by atoms with Crippen molar-refractivity contribution >= 4 is 11.6 Å². The third-order valence-corrected chi connectivity index (χ3v) is 4.46. The van der Waals surface area contributed by atoms with E-state index in [9.17, 15) is 5.11 Å². The lowest BCUT2D eigenvalue weighted by Gasteiger charge is -2.43. The highest BCUT2D eigenvalue weighted by atomic mass is 35.5. The van der Waals surface area contributed by atoms with Gasteiger partial charge in [-0.2, -0.15) is 0 Å². The molecule has 1 aromatic carbocycles. The summed E-state index contributed by atoms with van der Waals surface area (Å²) in [5.74, 6) is 0.581. The van der Waals surface area contributed by atoms with E-state index in [4.69, 9.17) is 16.3 Å². The van der Waals surface area contributed by atoms with Crippen molar-refractivity contribution in [1.29, 1.82) is 0 Å². The Morgan fingerprint density at radius 2 is 2.21 bits per heavy atom. The van der Waals surface area contributed by atoms with Crippen LogP contribution < -0.4 is 0 Å². The quantitative estimate of drug-likeness (QED) is 0.889. The third kappa shape index (κ3) is 3.13. The first-order valence-electron chi connectivity index (χ1n) is 7.15. The second-order valence-corrected chi connectivity index (χ2v) is 6.03. The summed E-state index contributed by atoms with van der Waals surface area (Å²) in [6.45, 7) is 4.83. The molecule has 0 spiro atoms. The van der Waals surface area contributed by atoms with Gasteiger partial charge < -0.3 is 9.84 Å². The molecule has 0 amide bonds. The van der Waals surface area contributed by atoms with E-state index in [2.05, 4.69) is 6.92 Å². The molecule has 0 bridgehead atoms. The molecule has 0 aliphatic heterocycles. The molecule has 1 aliphatic rings. The molecule has 0 aromatic heterocycles. The van der Waals surface area contributed by atoms with E-state index in [1.807, 2.05) is 31.2 Å².